The number of nitrogens with zero attached hydrogens (tertiary/aromatic N) is 2. The zero-order valence-corrected chi connectivity index (χ0v) is 20.7. The lowest BCUT2D eigenvalue weighted by Gasteiger charge is -2.36. The number of nitrogens with one attached hydrogen (secondary N) is 1. The summed E-state index contributed by atoms with van der Waals surface area (Å²) in [5, 5.41) is 3.04. The van der Waals surface area contributed by atoms with Crippen LogP contribution in [0.4, 0.5) is 11.4 Å². The van der Waals surface area contributed by atoms with Gasteiger partial charge in [0.25, 0.3) is 0 Å². The molecule has 32 heavy (non-hydrogen) atoms. The van der Waals surface area contributed by atoms with Gasteiger partial charge in [0.2, 0.25) is 11.8 Å². The highest BCUT2D eigenvalue weighted by Crippen LogP contribution is 2.29. The maximum absolute atomic E-state index is 12.6. The molecule has 1 N–H and O–H groups in total. The minimum Gasteiger partial charge on any atom is -0.368 e. The van der Waals surface area contributed by atoms with Crippen LogP contribution < -0.4 is 10.2 Å². The first-order valence-electron chi connectivity index (χ1n) is 12.6. The number of piperazine rings is 1. The molecule has 1 atom stereocenters. The lowest BCUT2D eigenvalue weighted by Crippen LogP contribution is -2.48. The summed E-state index contributed by atoms with van der Waals surface area (Å²) in [7, 11) is 0. The molecule has 178 valence electrons. The zero-order valence-electron chi connectivity index (χ0n) is 20.7. The van der Waals surface area contributed by atoms with Crippen LogP contribution in [-0.4, -0.2) is 42.9 Å². The van der Waals surface area contributed by atoms with Gasteiger partial charge in [-0.1, -0.05) is 53.4 Å². The smallest absolute Gasteiger partial charge is 0.224 e. The molecule has 2 amide bonds. The molecule has 1 unspecified atom stereocenters. The molecule has 5 heteroatoms. The Kier molecular flexibility index (Phi) is 8.61. The SMILES string of the molecule is CC(CC(=O)Nc1ccc(N2CCN(C(=O)CCC3CCCC3)CC2)cc1)CC(C)(C)C. The zero-order chi connectivity index (χ0) is 23.1. The van der Waals surface area contributed by atoms with E-state index < -0.39 is 0 Å². The summed E-state index contributed by atoms with van der Waals surface area (Å²) in [6, 6.07) is 8.12. The fourth-order valence-corrected chi connectivity index (χ4v) is 5.40. The summed E-state index contributed by atoms with van der Waals surface area (Å²) in [5.74, 6) is 1.56. The molecule has 0 aromatic heterocycles. The number of anilines is 2. The number of rotatable bonds is 8. The van der Waals surface area contributed by atoms with E-state index in [0.29, 0.717) is 24.7 Å². The van der Waals surface area contributed by atoms with E-state index in [0.717, 1.165) is 56.3 Å². The van der Waals surface area contributed by atoms with Crippen LogP contribution in [0.25, 0.3) is 0 Å². The predicted molar refractivity (Wildman–Crippen MR) is 133 cm³/mol. The third-order valence-corrected chi connectivity index (χ3v) is 6.88. The highest BCUT2D eigenvalue weighted by molar-refractivity contribution is 5.91. The summed E-state index contributed by atoms with van der Waals surface area (Å²) >= 11 is 0. The lowest BCUT2D eigenvalue weighted by atomic mass is 9.84. The van der Waals surface area contributed by atoms with Crippen LogP contribution in [0.5, 0.6) is 0 Å². The Balaban J connectivity index is 1.40. The van der Waals surface area contributed by atoms with Gasteiger partial charge in [-0.25, -0.2) is 0 Å². The quantitative estimate of drug-likeness (QED) is 0.562. The number of amides is 2. The fourth-order valence-electron chi connectivity index (χ4n) is 5.40. The van der Waals surface area contributed by atoms with Gasteiger partial charge in [-0.3, -0.25) is 9.59 Å². The first kappa shape index (κ1) is 24.6. The Labute approximate surface area is 194 Å². The Morgan fingerprint density at radius 1 is 1.03 bits per heavy atom. The van der Waals surface area contributed by atoms with Crippen molar-refractivity contribution < 1.29 is 9.59 Å². The normalized spacial score (nSPS) is 18.6. The van der Waals surface area contributed by atoms with Crippen molar-refractivity contribution in [1.82, 2.24) is 4.90 Å². The van der Waals surface area contributed by atoms with E-state index >= 15 is 0 Å². The van der Waals surface area contributed by atoms with Gasteiger partial charge >= 0.3 is 0 Å². The molecular weight excluding hydrogens is 398 g/mol. The standard InChI is InChI=1S/C27H43N3O2/c1-21(20-27(2,3)4)19-25(31)28-23-10-12-24(13-11-23)29-15-17-30(18-16-29)26(32)14-9-22-7-5-6-8-22/h10-13,21-22H,5-9,14-20H2,1-4H3,(H,28,31). The van der Waals surface area contributed by atoms with Gasteiger partial charge in [0, 0.05) is 50.4 Å². The van der Waals surface area contributed by atoms with E-state index in [1.807, 2.05) is 17.0 Å². The van der Waals surface area contributed by atoms with E-state index in [1.165, 1.54) is 25.7 Å². The summed E-state index contributed by atoms with van der Waals surface area (Å²) in [5.41, 5.74) is 2.25. The molecule has 3 rings (SSSR count). The molecule has 0 radical (unpaired) electrons. The average molecular weight is 442 g/mol. The molecule has 1 aliphatic heterocycles. The largest absolute Gasteiger partial charge is 0.368 e. The van der Waals surface area contributed by atoms with Crippen molar-refractivity contribution in [2.24, 2.45) is 17.3 Å². The summed E-state index contributed by atoms with van der Waals surface area (Å²) in [6.07, 6.45) is 8.69. The molecule has 1 saturated carbocycles. The van der Waals surface area contributed by atoms with Gasteiger partial charge in [0.1, 0.15) is 0 Å². The molecular formula is C27H43N3O2. The molecule has 1 aliphatic carbocycles. The average Bonchev–Trinajstić information content (AvgIpc) is 3.25. The van der Waals surface area contributed by atoms with E-state index in [2.05, 4.69) is 50.0 Å². The Hall–Kier alpha value is -2.04. The monoisotopic (exact) mass is 441 g/mol. The number of carbonyl (C=O) groups excluding carboxylic acids is 2. The third kappa shape index (κ3) is 7.83. The van der Waals surface area contributed by atoms with Crippen LogP contribution in [0.3, 0.4) is 0 Å². The van der Waals surface area contributed by atoms with Crippen LogP contribution in [0.2, 0.25) is 0 Å². The van der Waals surface area contributed by atoms with E-state index in [1.54, 1.807) is 0 Å². The van der Waals surface area contributed by atoms with Gasteiger partial charge in [-0.2, -0.15) is 0 Å². The Morgan fingerprint density at radius 3 is 2.25 bits per heavy atom. The lowest BCUT2D eigenvalue weighted by molar-refractivity contribution is -0.131. The molecule has 2 aliphatic rings. The summed E-state index contributed by atoms with van der Waals surface area (Å²) < 4.78 is 0. The third-order valence-electron chi connectivity index (χ3n) is 6.88. The second-order valence-electron chi connectivity index (χ2n) is 11.2. The van der Waals surface area contributed by atoms with Crippen molar-refractivity contribution in [2.45, 2.75) is 79.1 Å². The van der Waals surface area contributed by atoms with Gasteiger partial charge < -0.3 is 15.1 Å². The van der Waals surface area contributed by atoms with E-state index in [-0.39, 0.29) is 11.3 Å². The van der Waals surface area contributed by atoms with Gasteiger partial charge in [0.15, 0.2) is 0 Å². The van der Waals surface area contributed by atoms with Crippen LogP contribution in [0, 0.1) is 17.3 Å². The van der Waals surface area contributed by atoms with E-state index in [9.17, 15) is 9.59 Å². The van der Waals surface area contributed by atoms with Crippen molar-refractivity contribution in [3.05, 3.63) is 24.3 Å². The number of carbonyl (C=O) groups is 2. The maximum Gasteiger partial charge on any atom is 0.224 e. The van der Waals surface area contributed by atoms with Crippen molar-refractivity contribution >= 4 is 23.2 Å². The number of hydrogen-bond donors (Lipinski definition) is 1. The van der Waals surface area contributed by atoms with Crippen molar-refractivity contribution in [2.75, 3.05) is 36.4 Å². The molecule has 1 aromatic rings. The minimum atomic E-state index is 0.0826. The van der Waals surface area contributed by atoms with Gasteiger partial charge in [0.05, 0.1) is 0 Å². The fraction of sp³-hybridized carbons (Fsp3) is 0.704. The molecule has 1 aromatic carbocycles. The predicted octanol–water partition coefficient (Wildman–Crippen LogP) is 5.71. The Morgan fingerprint density at radius 2 is 1.66 bits per heavy atom. The van der Waals surface area contributed by atoms with Crippen molar-refractivity contribution in [3.63, 3.8) is 0 Å². The van der Waals surface area contributed by atoms with E-state index in [4.69, 9.17) is 0 Å². The van der Waals surface area contributed by atoms with Crippen LogP contribution in [-0.2, 0) is 9.59 Å². The molecule has 2 fully saturated rings. The van der Waals surface area contributed by atoms with Crippen molar-refractivity contribution in [3.8, 4) is 0 Å². The highest BCUT2D eigenvalue weighted by atomic mass is 16.2. The topological polar surface area (TPSA) is 52.7 Å². The number of benzene rings is 1. The van der Waals surface area contributed by atoms with Crippen LogP contribution >= 0.6 is 0 Å². The number of hydrogen-bond acceptors (Lipinski definition) is 3. The molecule has 1 saturated heterocycles. The van der Waals surface area contributed by atoms with Crippen LogP contribution in [0.1, 0.15) is 79.1 Å². The second kappa shape index (κ2) is 11.2. The van der Waals surface area contributed by atoms with Crippen molar-refractivity contribution in [1.29, 1.82) is 0 Å². The highest BCUT2D eigenvalue weighted by Gasteiger charge is 2.23. The molecule has 1 heterocycles. The van der Waals surface area contributed by atoms with Gasteiger partial charge in [-0.15, -0.1) is 0 Å². The molecule has 0 spiro atoms. The summed E-state index contributed by atoms with van der Waals surface area (Å²) in [6.45, 7) is 12.1. The second-order valence-corrected chi connectivity index (χ2v) is 11.2. The van der Waals surface area contributed by atoms with Gasteiger partial charge in [-0.05, 0) is 54.4 Å². The molecule has 0 bridgehead atoms. The molecule has 5 nitrogen and oxygen atoms in total. The first-order chi connectivity index (χ1) is 15.2. The summed E-state index contributed by atoms with van der Waals surface area (Å²) in [4.78, 5) is 29.3. The Bertz CT molecular complexity index is 739. The van der Waals surface area contributed by atoms with Crippen LogP contribution in [0.15, 0.2) is 24.3 Å². The minimum absolute atomic E-state index is 0.0826. The maximum atomic E-state index is 12.6. The first-order valence-corrected chi connectivity index (χ1v) is 12.6.